The summed E-state index contributed by atoms with van der Waals surface area (Å²) in [6.07, 6.45) is 6.72. The maximum Gasteiger partial charge on any atom is 0.227 e. The largest absolute Gasteiger partial charge is 0.486 e. The molecule has 6 aromatic carbocycles. The number of pyridine rings is 6. The van der Waals surface area contributed by atoms with Crippen LogP contribution < -0.4 is 0 Å². The fourth-order valence-corrected chi connectivity index (χ4v) is 8.96. The molecule has 10 nitrogen and oxygen atoms in total. The van der Waals surface area contributed by atoms with Crippen molar-refractivity contribution >= 4 is 44.1 Å². The molecule has 14 rings (SSSR count). The Bertz CT molecular complexity index is 4140. The Morgan fingerprint density at radius 3 is 1.34 bits per heavy atom. The summed E-state index contributed by atoms with van der Waals surface area (Å²) in [6.45, 7) is 3.81. The van der Waals surface area contributed by atoms with Crippen LogP contribution in [-0.4, -0.2) is 61.5 Å². The number of aliphatic hydroxyl groups is 2. The first-order valence-corrected chi connectivity index (χ1v) is 26.4. The Kier molecular flexibility index (Phi) is 25.2. The third kappa shape index (κ3) is 16.2. The van der Waals surface area contributed by atoms with E-state index in [9.17, 15) is 22.0 Å². The SMILES string of the molecule is CO.CO.Cc1ccc2c(n1)oc1c(-c3cc(-c4cccc(F)c4F)ccn3)[c-]ccc12.Cc1ccc2c(n1)oc1c(-c3cc(-c4cccc(F)c4F)ccn3)cccc12.[2H]CF.[Ir].[Ir].[c-]1ccccc1-c1ccccn1.[c-]1ccccc1-c1ccccn1. The van der Waals surface area contributed by atoms with Crippen molar-refractivity contribution in [1.82, 2.24) is 29.9 Å². The van der Waals surface area contributed by atoms with Crippen molar-refractivity contribution < 1.29 is 82.6 Å². The van der Waals surface area contributed by atoms with E-state index in [0.29, 0.717) is 50.7 Å². The number of rotatable bonds is 6. The van der Waals surface area contributed by atoms with Gasteiger partial charge in [0.15, 0.2) is 23.3 Å². The third-order valence-electron chi connectivity index (χ3n) is 12.8. The van der Waals surface area contributed by atoms with Crippen LogP contribution in [0.2, 0.25) is 0 Å². The summed E-state index contributed by atoms with van der Waals surface area (Å²) in [5.74, 6) is -3.52. The Morgan fingerprint density at radius 2 is 0.852 bits per heavy atom. The molecule has 0 unspecified atom stereocenters. The minimum absolute atomic E-state index is 0. The molecule has 0 spiro atoms. The molecule has 0 amide bonds. The number of halogens is 5. The van der Waals surface area contributed by atoms with Crippen LogP contribution in [0.5, 0.6) is 0 Å². The van der Waals surface area contributed by atoms with E-state index in [0.717, 1.165) is 87.4 Å². The number of hydrogen-bond donors (Lipinski definition) is 2. The minimum atomic E-state index is -1.00. The van der Waals surface area contributed by atoms with Crippen molar-refractivity contribution in [3.63, 3.8) is 0 Å². The first-order valence-electron chi connectivity index (χ1n) is 27.1. The quantitative estimate of drug-likeness (QED) is 0.122. The molecule has 2 radical (unpaired) electrons. The molecular weight excluding hydrogens is 1480 g/mol. The van der Waals surface area contributed by atoms with Crippen LogP contribution >= 0.6 is 0 Å². The molecule has 14 aromatic rings. The Balaban J connectivity index is 0.000000192. The Hall–Kier alpha value is -9.31. The van der Waals surface area contributed by atoms with E-state index < -0.39 is 30.4 Å². The Morgan fingerprint density at radius 1 is 0.409 bits per heavy atom. The van der Waals surface area contributed by atoms with Crippen molar-refractivity contribution in [2.24, 2.45) is 0 Å². The van der Waals surface area contributed by atoms with E-state index in [2.05, 4.69) is 48.1 Å². The zero-order valence-corrected chi connectivity index (χ0v) is 52.3. The number of benzene rings is 6. The molecular formula is C71H54F5Ir2N6O4-3. The minimum Gasteiger partial charge on any atom is -0.486 e. The first-order chi connectivity index (χ1) is 42.6. The summed E-state index contributed by atoms with van der Waals surface area (Å²) in [5, 5.41) is 17.7. The number of alkyl halides is 1. The standard InChI is InChI=1S/C23H14F2N2O.C23H13F2N2O.2C11H8N.CH3F.2CH4O.2Ir/c2*1-13-8-9-17-16-5-2-6-18(22(16)28-23(17)27-13)20-12-14(10-11-26-20)15-4-3-7-19(24)21(15)25;2*1-2-6-10(7-3-1)11-8-4-5-9-12-11;3*1-2;;/h2-12H,1H3;2-5,7-12H,1H3;2*1-6,8-9H;1H3;2*2H,1H3;;/q;3*-1;;;;;/i;;;;1D;;;;. The van der Waals surface area contributed by atoms with Crippen LogP contribution in [0.4, 0.5) is 22.0 Å². The summed E-state index contributed by atoms with van der Waals surface area (Å²) >= 11 is 0. The predicted octanol–water partition coefficient (Wildman–Crippen LogP) is 17.3. The normalized spacial score (nSPS) is 10.2. The molecule has 2 N–H and O–H groups in total. The monoisotopic (exact) mass is 1540 g/mol. The van der Waals surface area contributed by atoms with Gasteiger partial charge in [0, 0.05) is 123 Å². The number of aryl methyl sites for hydroxylation is 2. The number of fused-ring (bicyclic) bond motifs is 6. The van der Waals surface area contributed by atoms with Gasteiger partial charge in [-0.25, -0.2) is 27.5 Å². The number of aliphatic hydroxyl groups excluding tert-OH is 2. The van der Waals surface area contributed by atoms with Gasteiger partial charge >= 0.3 is 0 Å². The van der Waals surface area contributed by atoms with Crippen LogP contribution in [-0.2, 0) is 40.2 Å². The van der Waals surface area contributed by atoms with Gasteiger partial charge in [-0.05, 0) is 115 Å². The molecule has 0 fully saturated rings. The molecule has 0 aliphatic rings. The summed E-state index contributed by atoms with van der Waals surface area (Å²) in [5.41, 5.74) is 12.2. The van der Waals surface area contributed by atoms with Crippen LogP contribution in [0.15, 0.2) is 234 Å². The molecule has 88 heavy (non-hydrogen) atoms. The first kappa shape index (κ1) is 66.2. The summed E-state index contributed by atoms with van der Waals surface area (Å²) in [7, 11) is 1.00. The predicted molar refractivity (Wildman–Crippen MR) is 329 cm³/mol. The number of hydrogen-bond acceptors (Lipinski definition) is 10. The van der Waals surface area contributed by atoms with Gasteiger partial charge in [-0.15, -0.1) is 90.0 Å². The van der Waals surface area contributed by atoms with Gasteiger partial charge < -0.3 is 34.0 Å². The van der Waals surface area contributed by atoms with Crippen LogP contribution in [0, 0.1) is 55.3 Å². The van der Waals surface area contributed by atoms with Gasteiger partial charge in [-0.2, -0.15) is 0 Å². The van der Waals surface area contributed by atoms with Gasteiger partial charge in [-0.1, -0.05) is 77.7 Å². The second-order valence-electron chi connectivity index (χ2n) is 18.1. The van der Waals surface area contributed by atoms with E-state index >= 15 is 0 Å². The maximum absolute atomic E-state index is 14.2. The van der Waals surface area contributed by atoms with Gasteiger partial charge in [0.2, 0.25) is 11.4 Å². The topological polar surface area (TPSA) is 144 Å². The summed E-state index contributed by atoms with van der Waals surface area (Å²) in [6, 6.07) is 69.1. The van der Waals surface area contributed by atoms with Gasteiger partial charge in [0.05, 0.1) is 19.8 Å². The second-order valence-corrected chi connectivity index (χ2v) is 18.1. The van der Waals surface area contributed by atoms with E-state index in [1.807, 2.05) is 147 Å². The van der Waals surface area contributed by atoms with Crippen LogP contribution in [0.3, 0.4) is 0 Å². The molecule has 0 atom stereocenters. The van der Waals surface area contributed by atoms with Crippen LogP contribution in [0.1, 0.15) is 12.8 Å². The zero-order chi connectivity index (χ0) is 61.7. The molecule has 0 aliphatic heterocycles. The van der Waals surface area contributed by atoms with E-state index in [4.69, 9.17) is 20.4 Å². The molecule has 8 aromatic heterocycles. The summed E-state index contributed by atoms with van der Waals surface area (Å²) < 4.78 is 83.2. The fraction of sp³-hybridized carbons (Fsp3) is 0.0704. The summed E-state index contributed by atoms with van der Waals surface area (Å²) in [4.78, 5) is 26.2. The third-order valence-corrected chi connectivity index (χ3v) is 12.8. The van der Waals surface area contributed by atoms with Crippen molar-refractivity contribution in [2.75, 3.05) is 21.4 Å². The number of para-hydroxylation sites is 1. The molecule has 0 saturated heterocycles. The van der Waals surface area contributed by atoms with E-state index in [1.54, 1.807) is 61.2 Å². The molecule has 0 bridgehead atoms. The van der Waals surface area contributed by atoms with Crippen molar-refractivity contribution in [1.29, 1.82) is 0 Å². The number of nitrogens with zero attached hydrogens (tertiary/aromatic N) is 6. The second kappa shape index (κ2) is 33.6. The molecule has 448 valence electrons. The molecule has 0 aliphatic carbocycles. The molecule has 8 heterocycles. The van der Waals surface area contributed by atoms with Crippen molar-refractivity contribution in [3.05, 3.63) is 278 Å². The number of aromatic nitrogens is 6. The van der Waals surface area contributed by atoms with Gasteiger partial charge in [-0.3, -0.25) is 9.37 Å². The molecule has 17 heteroatoms. The van der Waals surface area contributed by atoms with Crippen LogP contribution in [0.25, 0.3) is 111 Å². The zero-order valence-electron chi connectivity index (χ0n) is 48.5. The van der Waals surface area contributed by atoms with Gasteiger partial charge in [0.1, 0.15) is 5.58 Å². The molecule has 0 saturated carbocycles. The smallest absolute Gasteiger partial charge is 0.227 e. The number of furan rings is 2. The average Bonchev–Trinajstić information content (AvgIpc) is 1.78. The van der Waals surface area contributed by atoms with E-state index in [1.165, 1.54) is 18.2 Å². The van der Waals surface area contributed by atoms with Crippen molar-refractivity contribution in [2.45, 2.75) is 13.8 Å². The maximum atomic E-state index is 14.2. The Labute approximate surface area is 533 Å². The fourth-order valence-electron chi connectivity index (χ4n) is 8.96. The van der Waals surface area contributed by atoms with Crippen molar-refractivity contribution in [3.8, 4) is 67.3 Å². The average molecular weight is 1540 g/mol. The van der Waals surface area contributed by atoms with E-state index in [-0.39, 0.29) is 51.3 Å². The van der Waals surface area contributed by atoms with Gasteiger partial charge in [0.25, 0.3) is 0 Å².